The summed E-state index contributed by atoms with van der Waals surface area (Å²) in [5, 5.41) is 10.7. The number of hydrogen-bond donors (Lipinski definition) is 3. The van der Waals surface area contributed by atoms with Crippen molar-refractivity contribution in [2.45, 2.75) is 478 Å². The van der Waals surface area contributed by atoms with Crippen molar-refractivity contribution in [2.75, 3.05) is 39.6 Å². The van der Waals surface area contributed by atoms with E-state index in [1.54, 1.807) is 0 Å². The molecule has 0 spiro atoms. The molecule has 0 aromatic rings. The average molecular weight is 1550 g/mol. The van der Waals surface area contributed by atoms with Crippen LogP contribution in [0.25, 0.3) is 0 Å². The van der Waals surface area contributed by atoms with Crippen molar-refractivity contribution in [3.05, 3.63) is 0 Å². The highest BCUT2D eigenvalue weighted by molar-refractivity contribution is 7.47. The number of carbonyl (C=O) groups is 4. The Labute approximate surface area is 651 Å². The van der Waals surface area contributed by atoms with Gasteiger partial charge in [-0.1, -0.05) is 408 Å². The second kappa shape index (κ2) is 77.0. The lowest BCUT2D eigenvalue weighted by molar-refractivity contribution is -0.161. The molecule has 0 saturated carbocycles. The number of aliphatic hydroxyl groups is 1. The zero-order valence-corrected chi connectivity index (χ0v) is 71.7. The third-order valence-electron chi connectivity index (χ3n) is 20.4. The van der Waals surface area contributed by atoms with Crippen molar-refractivity contribution >= 4 is 39.5 Å². The first-order chi connectivity index (χ1) is 51.2. The van der Waals surface area contributed by atoms with Gasteiger partial charge in [-0.25, -0.2) is 9.13 Å². The maximum absolute atomic E-state index is 13.2. The van der Waals surface area contributed by atoms with Crippen LogP contribution in [-0.2, 0) is 65.4 Å². The lowest BCUT2D eigenvalue weighted by atomic mass is 10.0. The largest absolute Gasteiger partial charge is 0.472 e. The standard InChI is InChI=1S/C87H170O17P2/c1-8-9-10-11-12-13-14-15-16-17-18-22-25-28-34-39-47-54-61-68-84(89)97-74-82(103-86(91)70-63-56-49-40-35-29-26-23-20-19-21-24-27-32-37-44-51-58-65-78(2)3)76-101-105(93,94)99-72-81(88)73-100-106(95,96)102-77-83(75-98-85(90)69-62-55-48-43-42-46-53-60-67-80(6)7)104-87(92)71-64-57-50-41-36-31-30-33-38-45-52-59-66-79(4)5/h78-83,88H,8-77H2,1-7H3,(H,93,94)(H,95,96)/t81-,82-,83-/m1/s1. The number of esters is 4. The van der Waals surface area contributed by atoms with Gasteiger partial charge in [-0.05, 0) is 43.4 Å². The highest BCUT2D eigenvalue weighted by Gasteiger charge is 2.30. The van der Waals surface area contributed by atoms with Crippen LogP contribution in [-0.4, -0.2) is 96.7 Å². The molecule has 0 rings (SSSR count). The average Bonchev–Trinajstić information content (AvgIpc) is 0.900. The Morgan fingerprint density at radius 1 is 0.255 bits per heavy atom. The van der Waals surface area contributed by atoms with Crippen molar-refractivity contribution < 1.29 is 80.2 Å². The van der Waals surface area contributed by atoms with Gasteiger partial charge in [0.1, 0.15) is 19.3 Å². The van der Waals surface area contributed by atoms with Crippen molar-refractivity contribution in [3.63, 3.8) is 0 Å². The van der Waals surface area contributed by atoms with E-state index in [0.717, 1.165) is 108 Å². The Hall–Kier alpha value is -1.94. The van der Waals surface area contributed by atoms with Crippen molar-refractivity contribution in [2.24, 2.45) is 17.8 Å². The van der Waals surface area contributed by atoms with Crippen molar-refractivity contribution in [3.8, 4) is 0 Å². The van der Waals surface area contributed by atoms with Gasteiger partial charge in [-0.3, -0.25) is 37.3 Å². The van der Waals surface area contributed by atoms with E-state index in [2.05, 4.69) is 48.5 Å². The van der Waals surface area contributed by atoms with E-state index in [1.807, 2.05) is 0 Å². The summed E-state index contributed by atoms with van der Waals surface area (Å²) < 4.78 is 68.9. The van der Waals surface area contributed by atoms with E-state index in [9.17, 15) is 43.2 Å². The number of unbranched alkanes of at least 4 members (excludes halogenated alkanes) is 53. The molecule has 0 aromatic heterocycles. The number of hydrogen-bond acceptors (Lipinski definition) is 15. The van der Waals surface area contributed by atoms with E-state index in [-0.39, 0.29) is 25.7 Å². The van der Waals surface area contributed by atoms with E-state index in [1.165, 1.54) is 270 Å². The molecule has 0 saturated heterocycles. The Bertz CT molecular complexity index is 2040. The summed E-state index contributed by atoms with van der Waals surface area (Å²) in [6.07, 6.45) is 68.1. The fraction of sp³-hybridized carbons (Fsp3) is 0.954. The zero-order chi connectivity index (χ0) is 77.9. The SMILES string of the molecule is CCCCCCCCCCCCCCCCCCCCCC(=O)OC[C@H](COP(=O)(O)OC[C@@H](O)COP(=O)(O)OC[C@@H](COC(=O)CCCCCCCCCCC(C)C)OC(=O)CCCCCCCCCCCCCCC(C)C)OC(=O)CCCCCCCCCCCCCCCCCCCCC(C)C. The monoisotopic (exact) mass is 1550 g/mol. The maximum Gasteiger partial charge on any atom is 0.472 e. The molecule has 0 aromatic carbocycles. The molecule has 630 valence electrons. The van der Waals surface area contributed by atoms with Gasteiger partial charge < -0.3 is 33.8 Å². The van der Waals surface area contributed by atoms with Gasteiger partial charge in [0.15, 0.2) is 12.2 Å². The molecular formula is C87H170O17P2. The van der Waals surface area contributed by atoms with Crippen LogP contribution in [0.1, 0.15) is 459 Å². The van der Waals surface area contributed by atoms with Gasteiger partial charge in [-0.15, -0.1) is 0 Å². The quantitative estimate of drug-likeness (QED) is 0.0222. The molecule has 0 amide bonds. The molecule has 17 nitrogen and oxygen atoms in total. The van der Waals surface area contributed by atoms with E-state index in [0.29, 0.717) is 25.7 Å². The van der Waals surface area contributed by atoms with Crippen LogP contribution in [0.4, 0.5) is 0 Å². The predicted molar refractivity (Wildman–Crippen MR) is 437 cm³/mol. The lowest BCUT2D eigenvalue weighted by Gasteiger charge is -2.21. The van der Waals surface area contributed by atoms with Gasteiger partial charge in [0.2, 0.25) is 0 Å². The molecule has 0 heterocycles. The molecule has 0 bridgehead atoms. The van der Waals surface area contributed by atoms with Gasteiger partial charge in [-0.2, -0.15) is 0 Å². The Kier molecular flexibility index (Phi) is 75.6. The third-order valence-corrected chi connectivity index (χ3v) is 22.3. The molecule has 106 heavy (non-hydrogen) atoms. The minimum Gasteiger partial charge on any atom is -0.462 e. The number of rotatable bonds is 85. The second-order valence-electron chi connectivity index (χ2n) is 32.7. The summed E-state index contributed by atoms with van der Waals surface area (Å²) in [6.45, 7) is 12.0. The zero-order valence-electron chi connectivity index (χ0n) is 69.9. The highest BCUT2D eigenvalue weighted by atomic mass is 31.2. The fourth-order valence-corrected chi connectivity index (χ4v) is 15.1. The van der Waals surface area contributed by atoms with Crippen molar-refractivity contribution in [1.82, 2.24) is 0 Å². The molecule has 0 radical (unpaired) electrons. The number of phosphoric ester groups is 2. The third kappa shape index (κ3) is 80.1. The second-order valence-corrected chi connectivity index (χ2v) is 35.6. The van der Waals surface area contributed by atoms with Gasteiger partial charge in [0.05, 0.1) is 26.4 Å². The lowest BCUT2D eigenvalue weighted by Crippen LogP contribution is -2.30. The van der Waals surface area contributed by atoms with Crippen LogP contribution < -0.4 is 0 Å². The topological polar surface area (TPSA) is 237 Å². The number of phosphoric acid groups is 2. The summed E-state index contributed by atoms with van der Waals surface area (Å²) in [6, 6.07) is 0. The van der Waals surface area contributed by atoms with Crippen LogP contribution >= 0.6 is 15.6 Å². The highest BCUT2D eigenvalue weighted by Crippen LogP contribution is 2.45. The smallest absolute Gasteiger partial charge is 0.462 e. The van der Waals surface area contributed by atoms with Crippen LogP contribution in [0.5, 0.6) is 0 Å². The first-order valence-corrected chi connectivity index (χ1v) is 47.8. The van der Waals surface area contributed by atoms with Crippen LogP contribution in [0.2, 0.25) is 0 Å². The molecule has 19 heteroatoms. The van der Waals surface area contributed by atoms with E-state index >= 15 is 0 Å². The van der Waals surface area contributed by atoms with E-state index in [4.69, 9.17) is 37.0 Å². The molecule has 3 N–H and O–H groups in total. The summed E-state index contributed by atoms with van der Waals surface area (Å²) in [4.78, 5) is 73.3. The summed E-state index contributed by atoms with van der Waals surface area (Å²) in [5.41, 5.74) is 0. The first-order valence-electron chi connectivity index (χ1n) is 44.8. The molecule has 0 fully saturated rings. The summed E-state index contributed by atoms with van der Waals surface area (Å²) >= 11 is 0. The fourth-order valence-electron chi connectivity index (χ4n) is 13.5. The van der Waals surface area contributed by atoms with Crippen LogP contribution in [0.3, 0.4) is 0 Å². The Morgan fingerprint density at radius 2 is 0.434 bits per heavy atom. The predicted octanol–water partition coefficient (Wildman–Crippen LogP) is 26.5. The number of carbonyl (C=O) groups excluding carboxylic acids is 4. The summed E-state index contributed by atoms with van der Waals surface area (Å²) in [7, 11) is -9.93. The van der Waals surface area contributed by atoms with Gasteiger partial charge in [0, 0.05) is 25.7 Å². The van der Waals surface area contributed by atoms with Crippen LogP contribution in [0, 0.1) is 17.8 Å². The summed E-state index contributed by atoms with van der Waals surface area (Å²) in [5.74, 6) is 0.219. The number of aliphatic hydroxyl groups excluding tert-OH is 1. The number of ether oxygens (including phenoxy) is 4. The molecule has 2 unspecified atom stereocenters. The normalized spacial score (nSPS) is 13.9. The molecule has 0 aliphatic heterocycles. The maximum atomic E-state index is 13.2. The molecular weight excluding hydrogens is 1380 g/mol. The molecule has 0 aliphatic rings. The Balaban J connectivity index is 5.24. The minimum atomic E-state index is -4.97. The first kappa shape index (κ1) is 104. The Morgan fingerprint density at radius 3 is 0.642 bits per heavy atom. The van der Waals surface area contributed by atoms with E-state index < -0.39 is 97.5 Å². The minimum absolute atomic E-state index is 0.106. The molecule has 5 atom stereocenters. The van der Waals surface area contributed by atoms with Crippen LogP contribution in [0.15, 0.2) is 0 Å². The van der Waals surface area contributed by atoms with Gasteiger partial charge >= 0.3 is 39.5 Å². The van der Waals surface area contributed by atoms with Gasteiger partial charge in [0.25, 0.3) is 0 Å². The molecule has 0 aliphatic carbocycles. The van der Waals surface area contributed by atoms with Crippen molar-refractivity contribution in [1.29, 1.82) is 0 Å².